The first-order chi connectivity index (χ1) is 9.90. The number of nitrogens with zero attached hydrogens (tertiary/aromatic N) is 3. The van der Waals surface area contributed by atoms with Gasteiger partial charge in [-0.25, -0.2) is 9.97 Å². The first kappa shape index (κ1) is 12.3. The first-order valence-corrected chi connectivity index (χ1v) is 8.24. The Balaban J connectivity index is 1.66. The molecule has 102 valence electrons. The molecule has 1 fully saturated rings. The van der Waals surface area contributed by atoms with Crippen LogP contribution in [0.4, 0.5) is 5.13 Å². The summed E-state index contributed by atoms with van der Waals surface area (Å²) in [6.07, 6.45) is 0. The summed E-state index contributed by atoms with van der Waals surface area (Å²) in [6, 6.07) is 8.22. The van der Waals surface area contributed by atoms with Crippen molar-refractivity contribution in [1.82, 2.24) is 9.97 Å². The van der Waals surface area contributed by atoms with Gasteiger partial charge in [0.15, 0.2) is 5.13 Å². The van der Waals surface area contributed by atoms with Gasteiger partial charge in [0.25, 0.3) is 0 Å². The Bertz CT molecular complexity index is 698. The number of para-hydroxylation sites is 1. The molecule has 0 aliphatic carbocycles. The van der Waals surface area contributed by atoms with E-state index in [1.54, 1.807) is 22.7 Å². The molecule has 0 unspecified atom stereocenters. The molecular weight excluding hydrogens is 290 g/mol. The molecule has 20 heavy (non-hydrogen) atoms. The van der Waals surface area contributed by atoms with E-state index in [2.05, 4.69) is 21.3 Å². The Kier molecular flexibility index (Phi) is 3.14. The number of benzene rings is 1. The number of fused-ring (bicyclic) bond motifs is 1. The van der Waals surface area contributed by atoms with E-state index < -0.39 is 0 Å². The van der Waals surface area contributed by atoms with E-state index in [1.165, 1.54) is 4.70 Å². The Morgan fingerprint density at radius 2 is 1.95 bits per heavy atom. The van der Waals surface area contributed by atoms with Crippen LogP contribution in [0.5, 0.6) is 0 Å². The molecule has 1 saturated heterocycles. The van der Waals surface area contributed by atoms with Gasteiger partial charge in [-0.15, -0.1) is 22.7 Å². The van der Waals surface area contributed by atoms with Gasteiger partial charge in [0.05, 0.1) is 23.4 Å². The van der Waals surface area contributed by atoms with E-state index in [9.17, 15) is 0 Å². The number of hydrogen-bond acceptors (Lipinski definition) is 6. The zero-order valence-electron chi connectivity index (χ0n) is 10.8. The molecule has 0 spiro atoms. The van der Waals surface area contributed by atoms with E-state index in [1.807, 2.05) is 18.2 Å². The summed E-state index contributed by atoms with van der Waals surface area (Å²) in [5.41, 5.74) is 2.03. The van der Waals surface area contributed by atoms with Crippen LogP contribution in [0.2, 0.25) is 0 Å². The van der Waals surface area contributed by atoms with Gasteiger partial charge in [-0.05, 0) is 12.1 Å². The number of aromatic nitrogens is 2. The van der Waals surface area contributed by atoms with Crippen LogP contribution in [0, 0.1) is 0 Å². The molecule has 0 N–H and O–H groups in total. The molecule has 1 aliphatic heterocycles. The molecule has 4 rings (SSSR count). The van der Waals surface area contributed by atoms with E-state index in [0.717, 1.165) is 47.7 Å². The summed E-state index contributed by atoms with van der Waals surface area (Å²) in [6.45, 7) is 3.42. The van der Waals surface area contributed by atoms with Crippen LogP contribution in [0.1, 0.15) is 0 Å². The standard InChI is InChI=1S/C14H13N3OS2/c1-2-4-12-10(3-1)15-13(20-12)11-9-19-14(16-11)17-5-7-18-8-6-17/h1-4,9H,5-8H2. The number of ether oxygens (including phenoxy) is 1. The van der Waals surface area contributed by atoms with Crippen molar-refractivity contribution >= 4 is 38.0 Å². The summed E-state index contributed by atoms with van der Waals surface area (Å²) < 4.78 is 6.59. The maximum Gasteiger partial charge on any atom is 0.186 e. The van der Waals surface area contributed by atoms with Gasteiger partial charge in [0.2, 0.25) is 0 Å². The molecule has 1 aliphatic rings. The predicted octanol–water partition coefficient (Wildman–Crippen LogP) is 3.26. The Labute approximate surface area is 124 Å². The second-order valence-electron chi connectivity index (χ2n) is 4.60. The van der Waals surface area contributed by atoms with Crippen LogP contribution in [-0.2, 0) is 4.74 Å². The van der Waals surface area contributed by atoms with Crippen molar-refractivity contribution in [1.29, 1.82) is 0 Å². The minimum absolute atomic E-state index is 0.788. The lowest BCUT2D eigenvalue weighted by molar-refractivity contribution is 0.122. The lowest BCUT2D eigenvalue weighted by atomic mass is 10.3. The van der Waals surface area contributed by atoms with Crippen molar-refractivity contribution in [3.63, 3.8) is 0 Å². The maximum absolute atomic E-state index is 5.38. The zero-order chi connectivity index (χ0) is 13.4. The van der Waals surface area contributed by atoms with Crippen molar-refractivity contribution < 1.29 is 4.74 Å². The van der Waals surface area contributed by atoms with Gasteiger partial charge in [0.1, 0.15) is 10.7 Å². The summed E-state index contributed by atoms with van der Waals surface area (Å²) in [5.74, 6) is 0. The highest BCUT2D eigenvalue weighted by atomic mass is 32.1. The van der Waals surface area contributed by atoms with E-state index in [4.69, 9.17) is 9.72 Å². The van der Waals surface area contributed by atoms with Gasteiger partial charge in [-0.2, -0.15) is 0 Å². The number of thiazole rings is 2. The van der Waals surface area contributed by atoms with Crippen LogP contribution in [0.25, 0.3) is 20.9 Å². The predicted molar refractivity (Wildman–Crippen MR) is 83.8 cm³/mol. The molecule has 1 aromatic carbocycles. The molecule has 6 heteroatoms. The van der Waals surface area contributed by atoms with E-state index in [-0.39, 0.29) is 0 Å². The second kappa shape index (κ2) is 5.12. The fourth-order valence-electron chi connectivity index (χ4n) is 2.24. The van der Waals surface area contributed by atoms with Crippen molar-refractivity contribution in [3.05, 3.63) is 29.6 Å². The summed E-state index contributed by atoms with van der Waals surface area (Å²) in [5, 5.41) is 4.17. The lowest BCUT2D eigenvalue weighted by Gasteiger charge is -2.25. The third kappa shape index (κ3) is 2.19. The quantitative estimate of drug-likeness (QED) is 0.728. The molecule has 4 nitrogen and oxygen atoms in total. The van der Waals surface area contributed by atoms with Crippen molar-refractivity contribution in [3.8, 4) is 10.7 Å². The topological polar surface area (TPSA) is 38.2 Å². The normalized spacial score (nSPS) is 15.9. The Hall–Kier alpha value is -1.50. The highest BCUT2D eigenvalue weighted by Gasteiger charge is 2.16. The van der Waals surface area contributed by atoms with Crippen LogP contribution >= 0.6 is 22.7 Å². The monoisotopic (exact) mass is 303 g/mol. The molecule has 2 aromatic heterocycles. The third-order valence-corrected chi connectivity index (χ3v) is 5.25. The number of hydrogen-bond donors (Lipinski definition) is 0. The van der Waals surface area contributed by atoms with Gasteiger partial charge >= 0.3 is 0 Å². The average molecular weight is 303 g/mol. The Morgan fingerprint density at radius 3 is 2.80 bits per heavy atom. The molecule has 0 radical (unpaired) electrons. The van der Waals surface area contributed by atoms with Crippen LogP contribution < -0.4 is 4.90 Å². The number of anilines is 1. The van der Waals surface area contributed by atoms with Gasteiger partial charge in [-0.1, -0.05) is 12.1 Å². The summed E-state index contributed by atoms with van der Waals surface area (Å²) >= 11 is 3.39. The SMILES string of the molecule is c1ccc2sc(-c3csc(N4CCOCC4)n3)nc2c1. The van der Waals surface area contributed by atoms with Crippen LogP contribution in [-0.4, -0.2) is 36.3 Å². The maximum atomic E-state index is 5.38. The minimum Gasteiger partial charge on any atom is -0.378 e. The lowest BCUT2D eigenvalue weighted by Crippen LogP contribution is -2.36. The molecule has 0 bridgehead atoms. The third-order valence-electron chi connectivity index (χ3n) is 3.29. The fourth-order valence-corrected chi connectivity index (χ4v) is 4.11. The van der Waals surface area contributed by atoms with Crippen LogP contribution in [0.15, 0.2) is 29.6 Å². The number of morpholine rings is 1. The van der Waals surface area contributed by atoms with Crippen molar-refractivity contribution in [2.24, 2.45) is 0 Å². The first-order valence-electron chi connectivity index (χ1n) is 6.54. The van der Waals surface area contributed by atoms with E-state index >= 15 is 0 Å². The molecule has 0 atom stereocenters. The largest absolute Gasteiger partial charge is 0.378 e. The summed E-state index contributed by atoms with van der Waals surface area (Å²) in [7, 11) is 0. The zero-order valence-corrected chi connectivity index (χ0v) is 12.4. The fraction of sp³-hybridized carbons (Fsp3) is 0.286. The second-order valence-corrected chi connectivity index (χ2v) is 6.47. The number of rotatable bonds is 2. The van der Waals surface area contributed by atoms with E-state index in [0.29, 0.717) is 0 Å². The van der Waals surface area contributed by atoms with Crippen molar-refractivity contribution in [2.75, 3.05) is 31.2 Å². The molecular formula is C14H13N3OS2. The molecule has 3 aromatic rings. The highest BCUT2D eigenvalue weighted by Crippen LogP contribution is 2.33. The summed E-state index contributed by atoms with van der Waals surface area (Å²) in [4.78, 5) is 11.7. The smallest absolute Gasteiger partial charge is 0.186 e. The molecule has 0 saturated carbocycles. The van der Waals surface area contributed by atoms with Gasteiger partial charge in [0, 0.05) is 18.5 Å². The van der Waals surface area contributed by atoms with Crippen molar-refractivity contribution in [2.45, 2.75) is 0 Å². The van der Waals surface area contributed by atoms with Gasteiger partial charge in [-0.3, -0.25) is 0 Å². The van der Waals surface area contributed by atoms with Gasteiger partial charge < -0.3 is 9.64 Å². The Morgan fingerprint density at radius 1 is 1.10 bits per heavy atom. The average Bonchev–Trinajstić information content (AvgIpc) is 3.14. The minimum atomic E-state index is 0.788. The van der Waals surface area contributed by atoms with Crippen LogP contribution in [0.3, 0.4) is 0 Å². The molecule has 3 heterocycles. The highest BCUT2D eigenvalue weighted by molar-refractivity contribution is 7.22. The molecule has 0 amide bonds.